The molecule has 9 heteroatoms. The molecule has 2 aliphatic heterocycles. The van der Waals surface area contributed by atoms with Crippen LogP contribution in [0.5, 0.6) is 5.75 Å². The number of piperazine rings is 1. The van der Waals surface area contributed by atoms with Gasteiger partial charge in [0.2, 0.25) is 16.0 Å². The molecule has 2 aromatic rings. The van der Waals surface area contributed by atoms with Gasteiger partial charge in [-0.05, 0) is 31.9 Å². The van der Waals surface area contributed by atoms with Crippen LogP contribution in [-0.2, 0) is 10.0 Å². The molecule has 0 unspecified atom stereocenters. The van der Waals surface area contributed by atoms with Crippen LogP contribution in [0.25, 0.3) is 0 Å². The Balaban J connectivity index is 1.50. The zero-order valence-electron chi connectivity index (χ0n) is 16.9. The molecule has 0 spiro atoms. The first-order valence-electron chi connectivity index (χ1n) is 9.98. The Kier molecular flexibility index (Phi) is 5.60. The number of methoxy groups -OCH3 is 1. The fourth-order valence-electron chi connectivity index (χ4n) is 3.89. The Morgan fingerprint density at radius 2 is 1.62 bits per heavy atom. The van der Waals surface area contributed by atoms with Crippen molar-refractivity contribution in [2.24, 2.45) is 0 Å². The zero-order chi connectivity index (χ0) is 20.4. The van der Waals surface area contributed by atoms with E-state index in [4.69, 9.17) is 9.72 Å². The normalized spacial score (nSPS) is 18.3. The molecule has 3 heterocycles. The summed E-state index contributed by atoms with van der Waals surface area (Å²) in [4.78, 5) is 13.9. The monoisotopic (exact) mass is 417 g/mol. The molecule has 0 aliphatic carbocycles. The second-order valence-electron chi connectivity index (χ2n) is 7.40. The van der Waals surface area contributed by atoms with Gasteiger partial charge in [0, 0.05) is 51.0 Å². The molecule has 0 atom stereocenters. The Bertz CT molecular complexity index is 968. The summed E-state index contributed by atoms with van der Waals surface area (Å²) in [6, 6.07) is 8.73. The number of hydrogen-bond acceptors (Lipinski definition) is 7. The highest BCUT2D eigenvalue weighted by Crippen LogP contribution is 2.28. The Hall–Kier alpha value is -2.39. The molecule has 2 aliphatic rings. The molecule has 2 saturated heterocycles. The van der Waals surface area contributed by atoms with Gasteiger partial charge in [-0.15, -0.1) is 0 Å². The van der Waals surface area contributed by atoms with Crippen LogP contribution in [0.4, 0.5) is 11.8 Å². The number of anilines is 2. The quantitative estimate of drug-likeness (QED) is 0.735. The standard InChI is InChI=1S/C20H27N5O3S/c1-16-15-19(22-20(21-16)24-9-5-6-10-24)23-11-13-25(14-12-23)29(26,27)18-8-4-3-7-17(18)28-2/h3-4,7-8,15H,5-6,9-14H2,1-2H3. The highest BCUT2D eigenvalue weighted by molar-refractivity contribution is 7.89. The SMILES string of the molecule is COc1ccccc1S(=O)(=O)N1CCN(c2cc(C)nc(N3CCCC3)n2)CC1. The van der Waals surface area contributed by atoms with Gasteiger partial charge >= 0.3 is 0 Å². The molecule has 2 fully saturated rings. The molecule has 0 saturated carbocycles. The molecule has 0 radical (unpaired) electrons. The van der Waals surface area contributed by atoms with Gasteiger partial charge in [0.05, 0.1) is 7.11 Å². The molecule has 8 nitrogen and oxygen atoms in total. The van der Waals surface area contributed by atoms with Crippen LogP contribution >= 0.6 is 0 Å². The van der Waals surface area contributed by atoms with Crippen molar-refractivity contribution in [2.45, 2.75) is 24.7 Å². The number of rotatable bonds is 5. The molecule has 0 amide bonds. The van der Waals surface area contributed by atoms with Crippen molar-refractivity contribution in [3.05, 3.63) is 36.0 Å². The predicted molar refractivity (Wildman–Crippen MR) is 112 cm³/mol. The van der Waals surface area contributed by atoms with Gasteiger partial charge in [-0.2, -0.15) is 9.29 Å². The van der Waals surface area contributed by atoms with Crippen molar-refractivity contribution < 1.29 is 13.2 Å². The summed E-state index contributed by atoms with van der Waals surface area (Å²) >= 11 is 0. The van der Waals surface area contributed by atoms with Crippen molar-refractivity contribution >= 4 is 21.8 Å². The molecular formula is C20H27N5O3S. The van der Waals surface area contributed by atoms with Crippen LogP contribution in [0, 0.1) is 6.92 Å². The highest BCUT2D eigenvalue weighted by Gasteiger charge is 2.31. The largest absolute Gasteiger partial charge is 0.495 e. The van der Waals surface area contributed by atoms with Crippen LogP contribution < -0.4 is 14.5 Å². The van der Waals surface area contributed by atoms with Crippen molar-refractivity contribution in [3.63, 3.8) is 0 Å². The lowest BCUT2D eigenvalue weighted by Gasteiger charge is -2.35. The maximum Gasteiger partial charge on any atom is 0.246 e. The maximum atomic E-state index is 13.1. The highest BCUT2D eigenvalue weighted by atomic mass is 32.2. The summed E-state index contributed by atoms with van der Waals surface area (Å²) in [5.41, 5.74) is 0.931. The number of benzene rings is 1. The first kappa shape index (κ1) is 19.9. The van der Waals surface area contributed by atoms with Gasteiger partial charge in [-0.25, -0.2) is 13.4 Å². The molecule has 4 rings (SSSR count). The molecular weight excluding hydrogens is 390 g/mol. The number of aryl methyl sites for hydroxylation is 1. The minimum atomic E-state index is -3.60. The molecule has 29 heavy (non-hydrogen) atoms. The van der Waals surface area contributed by atoms with Crippen LogP contribution in [0.2, 0.25) is 0 Å². The van der Waals surface area contributed by atoms with E-state index in [1.807, 2.05) is 13.0 Å². The minimum absolute atomic E-state index is 0.213. The van der Waals surface area contributed by atoms with Gasteiger partial charge in [-0.1, -0.05) is 12.1 Å². The third-order valence-electron chi connectivity index (χ3n) is 5.47. The number of hydrogen-bond donors (Lipinski definition) is 0. The van der Waals surface area contributed by atoms with E-state index in [1.165, 1.54) is 24.3 Å². The molecule has 0 bridgehead atoms. The second kappa shape index (κ2) is 8.16. The van der Waals surface area contributed by atoms with E-state index in [2.05, 4.69) is 14.8 Å². The summed E-state index contributed by atoms with van der Waals surface area (Å²) in [5.74, 6) is 2.02. The third kappa shape index (κ3) is 4.02. The number of sulfonamides is 1. The van der Waals surface area contributed by atoms with Gasteiger partial charge in [0.1, 0.15) is 16.5 Å². The summed E-state index contributed by atoms with van der Waals surface area (Å²) in [6.45, 7) is 5.95. The van der Waals surface area contributed by atoms with E-state index >= 15 is 0 Å². The van der Waals surface area contributed by atoms with Crippen LogP contribution in [-0.4, -0.2) is 69.1 Å². The fourth-order valence-corrected chi connectivity index (χ4v) is 5.46. The van der Waals surface area contributed by atoms with E-state index in [9.17, 15) is 8.42 Å². The molecule has 1 aromatic heterocycles. The van der Waals surface area contributed by atoms with E-state index in [-0.39, 0.29) is 4.90 Å². The summed E-state index contributed by atoms with van der Waals surface area (Å²) < 4.78 is 32.9. The number of ether oxygens (including phenoxy) is 1. The first-order chi connectivity index (χ1) is 14.0. The van der Waals surface area contributed by atoms with E-state index in [0.717, 1.165) is 30.5 Å². The lowest BCUT2D eigenvalue weighted by atomic mass is 10.3. The number of para-hydroxylation sites is 1. The Morgan fingerprint density at radius 1 is 0.931 bits per heavy atom. The molecule has 156 valence electrons. The zero-order valence-corrected chi connectivity index (χ0v) is 17.7. The lowest BCUT2D eigenvalue weighted by molar-refractivity contribution is 0.373. The van der Waals surface area contributed by atoms with Crippen LogP contribution in [0.3, 0.4) is 0 Å². The molecule has 1 aromatic carbocycles. The predicted octanol–water partition coefficient (Wildman–Crippen LogP) is 1.90. The second-order valence-corrected chi connectivity index (χ2v) is 9.31. The van der Waals surface area contributed by atoms with Crippen LogP contribution in [0.1, 0.15) is 18.5 Å². The van der Waals surface area contributed by atoms with E-state index in [1.54, 1.807) is 24.3 Å². The van der Waals surface area contributed by atoms with Gasteiger partial charge in [0.25, 0.3) is 0 Å². The van der Waals surface area contributed by atoms with Crippen molar-refractivity contribution in [2.75, 3.05) is 56.2 Å². The summed E-state index contributed by atoms with van der Waals surface area (Å²) in [5, 5.41) is 0. The van der Waals surface area contributed by atoms with Crippen LogP contribution in [0.15, 0.2) is 35.2 Å². The number of nitrogens with zero attached hydrogens (tertiary/aromatic N) is 5. The molecule has 0 N–H and O–H groups in total. The van der Waals surface area contributed by atoms with Crippen molar-refractivity contribution in [1.29, 1.82) is 0 Å². The van der Waals surface area contributed by atoms with Gasteiger partial charge in [0.15, 0.2) is 0 Å². The van der Waals surface area contributed by atoms with E-state index < -0.39 is 10.0 Å². The minimum Gasteiger partial charge on any atom is -0.495 e. The summed E-state index contributed by atoms with van der Waals surface area (Å²) in [7, 11) is -2.11. The number of aromatic nitrogens is 2. The topological polar surface area (TPSA) is 78.9 Å². The van der Waals surface area contributed by atoms with Crippen molar-refractivity contribution in [3.8, 4) is 5.75 Å². The smallest absolute Gasteiger partial charge is 0.246 e. The van der Waals surface area contributed by atoms with Crippen molar-refractivity contribution in [1.82, 2.24) is 14.3 Å². The Morgan fingerprint density at radius 3 is 2.31 bits per heavy atom. The average Bonchev–Trinajstić information content (AvgIpc) is 3.28. The summed E-state index contributed by atoms with van der Waals surface area (Å²) in [6.07, 6.45) is 2.35. The Labute approximate surface area is 172 Å². The van der Waals surface area contributed by atoms with Gasteiger partial charge in [-0.3, -0.25) is 0 Å². The lowest BCUT2D eigenvalue weighted by Crippen LogP contribution is -2.49. The maximum absolute atomic E-state index is 13.1. The average molecular weight is 418 g/mol. The first-order valence-corrected chi connectivity index (χ1v) is 11.4. The van der Waals surface area contributed by atoms with Gasteiger partial charge < -0.3 is 14.5 Å². The fraction of sp³-hybridized carbons (Fsp3) is 0.500. The third-order valence-corrected chi connectivity index (χ3v) is 7.41. The van der Waals surface area contributed by atoms with E-state index in [0.29, 0.717) is 31.9 Å².